The van der Waals surface area contributed by atoms with Crippen molar-refractivity contribution >= 4 is 71.6 Å². The smallest absolute Gasteiger partial charge is 0.136 e. The van der Waals surface area contributed by atoms with Crippen LogP contribution in [0.1, 0.15) is 0 Å². The van der Waals surface area contributed by atoms with Gasteiger partial charge in [0.25, 0.3) is 0 Å². The Balaban J connectivity index is 1.04. The third kappa shape index (κ3) is 6.43. The Labute approximate surface area is 388 Å². The lowest BCUT2D eigenvalue weighted by Gasteiger charge is -2.30. The van der Waals surface area contributed by atoms with Crippen LogP contribution in [0.4, 0.5) is 17.1 Å². The van der Waals surface area contributed by atoms with Crippen LogP contribution in [0.25, 0.3) is 105 Å². The molecule has 0 aliphatic carbocycles. The summed E-state index contributed by atoms with van der Waals surface area (Å²) < 4.78 is 8.74. The molecule has 0 amide bonds. The number of rotatable bonds is 8. The molecule has 0 saturated heterocycles. The maximum absolute atomic E-state index is 6.34. The van der Waals surface area contributed by atoms with Gasteiger partial charge in [0.05, 0.1) is 22.4 Å². The summed E-state index contributed by atoms with van der Waals surface area (Å²) in [6.07, 6.45) is 0. The van der Waals surface area contributed by atoms with E-state index in [1.807, 2.05) is 12.1 Å². The zero-order valence-corrected chi connectivity index (χ0v) is 36.6. The van der Waals surface area contributed by atoms with Crippen molar-refractivity contribution in [3.05, 3.63) is 255 Å². The molecule has 0 unspecified atom stereocenters. The zero-order chi connectivity index (χ0) is 44.3. The molecule has 13 aromatic rings. The average molecular weight is 855 g/mol. The van der Waals surface area contributed by atoms with Gasteiger partial charge in [-0.15, -0.1) is 0 Å². The number of hydrogen-bond acceptors (Lipinski definition) is 2. The van der Waals surface area contributed by atoms with Gasteiger partial charge in [0.2, 0.25) is 0 Å². The van der Waals surface area contributed by atoms with Crippen molar-refractivity contribution in [1.29, 1.82) is 0 Å². The van der Waals surface area contributed by atoms with Crippen molar-refractivity contribution < 1.29 is 4.42 Å². The average Bonchev–Trinajstić information content (AvgIpc) is 3.95. The van der Waals surface area contributed by atoms with Crippen LogP contribution in [-0.4, -0.2) is 4.57 Å². The highest BCUT2D eigenvalue weighted by molar-refractivity contribution is 6.14. The minimum atomic E-state index is 0.889. The number of fused-ring (bicyclic) bond motifs is 7. The van der Waals surface area contributed by atoms with Gasteiger partial charge >= 0.3 is 0 Å². The van der Waals surface area contributed by atoms with Crippen molar-refractivity contribution in [3.8, 4) is 50.2 Å². The summed E-state index contributed by atoms with van der Waals surface area (Å²) in [5.74, 6) is 0. The first-order chi connectivity index (χ1) is 33.3. The fourth-order valence-corrected chi connectivity index (χ4v) is 10.4. The van der Waals surface area contributed by atoms with Crippen LogP contribution in [0.5, 0.6) is 0 Å². The molecule has 0 aliphatic rings. The summed E-state index contributed by atoms with van der Waals surface area (Å²) in [6, 6.07) is 92.1. The molecule has 0 atom stereocenters. The van der Waals surface area contributed by atoms with Crippen LogP contribution in [-0.2, 0) is 0 Å². The van der Waals surface area contributed by atoms with Gasteiger partial charge in [0.1, 0.15) is 11.2 Å². The van der Waals surface area contributed by atoms with Gasteiger partial charge in [-0.05, 0) is 105 Å². The molecule has 2 heterocycles. The summed E-state index contributed by atoms with van der Waals surface area (Å²) in [6.45, 7) is 0. The monoisotopic (exact) mass is 854 g/mol. The molecular formula is C64H42N2O. The number of hydrogen-bond donors (Lipinski definition) is 0. The van der Waals surface area contributed by atoms with Gasteiger partial charge < -0.3 is 13.9 Å². The SMILES string of the molecule is c1ccc(-c2cccc3cccc(-c4ccccc4N(c4ccc(-c5cccc6oc7ccccc7c56)cc4)c4ccccc4-c4ccc5c6ccccc6n(-c6ccccc6)c5c4)c23)cc1. The van der Waals surface area contributed by atoms with E-state index in [1.54, 1.807) is 0 Å². The number of aromatic nitrogens is 1. The predicted octanol–water partition coefficient (Wildman–Crippen LogP) is 18.0. The molecule has 2 aromatic heterocycles. The first-order valence-corrected chi connectivity index (χ1v) is 22.9. The molecule has 11 aromatic carbocycles. The molecule has 0 radical (unpaired) electrons. The fraction of sp³-hybridized carbons (Fsp3) is 0. The fourth-order valence-electron chi connectivity index (χ4n) is 10.4. The van der Waals surface area contributed by atoms with Crippen LogP contribution < -0.4 is 4.90 Å². The van der Waals surface area contributed by atoms with Crippen molar-refractivity contribution in [3.63, 3.8) is 0 Å². The third-order valence-corrected chi connectivity index (χ3v) is 13.4. The highest BCUT2D eigenvalue weighted by Crippen LogP contribution is 2.48. The second kappa shape index (κ2) is 16.0. The van der Waals surface area contributed by atoms with E-state index in [9.17, 15) is 0 Å². The minimum Gasteiger partial charge on any atom is -0.456 e. The van der Waals surface area contributed by atoms with Crippen LogP contribution in [0.15, 0.2) is 259 Å². The number of benzene rings is 11. The van der Waals surface area contributed by atoms with Crippen molar-refractivity contribution in [1.82, 2.24) is 4.57 Å². The molecular weight excluding hydrogens is 813 g/mol. The molecule has 13 rings (SSSR count). The second-order valence-electron chi connectivity index (χ2n) is 17.2. The predicted molar refractivity (Wildman–Crippen MR) is 282 cm³/mol. The molecule has 3 heteroatoms. The van der Waals surface area contributed by atoms with Gasteiger partial charge in [0, 0.05) is 44.0 Å². The number of para-hydroxylation sites is 5. The molecule has 314 valence electrons. The largest absolute Gasteiger partial charge is 0.456 e. The first-order valence-electron chi connectivity index (χ1n) is 22.9. The summed E-state index contributed by atoms with van der Waals surface area (Å²) in [4.78, 5) is 2.46. The number of anilines is 3. The van der Waals surface area contributed by atoms with Crippen LogP contribution in [0.3, 0.4) is 0 Å². The zero-order valence-electron chi connectivity index (χ0n) is 36.6. The Hall–Kier alpha value is -8.92. The van der Waals surface area contributed by atoms with Gasteiger partial charge in [0.15, 0.2) is 0 Å². The van der Waals surface area contributed by atoms with Crippen LogP contribution >= 0.6 is 0 Å². The maximum atomic E-state index is 6.34. The standard InChI is InChI=1S/C64H42N2O/c1-3-18-43(19-4-1)50-28-15-20-45-21-16-30-55(63(45)50)53-26-9-13-33-59(53)65(48-39-36-44(37-40-48)51-29-17-35-62-64(51)56-27-10-14-34-61(56)67-62)57-31-11-7-24-49(57)46-38-41-54-52-25-8-12-32-58(52)66(60(54)42-46)47-22-5-2-6-23-47/h1-42H. The van der Waals surface area contributed by atoms with Gasteiger partial charge in [-0.3, -0.25) is 0 Å². The van der Waals surface area contributed by atoms with E-state index in [1.165, 1.54) is 49.3 Å². The lowest BCUT2D eigenvalue weighted by molar-refractivity contribution is 0.669. The number of nitrogens with zero attached hydrogens (tertiary/aromatic N) is 2. The Morgan fingerprint density at radius 2 is 0.851 bits per heavy atom. The quantitative estimate of drug-likeness (QED) is 0.152. The Morgan fingerprint density at radius 1 is 0.313 bits per heavy atom. The normalized spacial score (nSPS) is 11.6. The minimum absolute atomic E-state index is 0.889. The highest BCUT2D eigenvalue weighted by Gasteiger charge is 2.23. The summed E-state index contributed by atoms with van der Waals surface area (Å²) in [5, 5.41) is 7.15. The molecule has 0 saturated carbocycles. The van der Waals surface area contributed by atoms with Gasteiger partial charge in [-0.25, -0.2) is 0 Å². The van der Waals surface area contributed by atoms with E-state index < -0.39 is 0 Å². The molecule has 0 N–H and O–H groups in total. The summed E-state index contributed by atoms with van der Waals surface area (Å²) >= 11 is 0. The summed E-state index contributed by atoms with van der Waals surface area (Å²) in [7, 11) is 0. The van der Waals surface area contributed by atoms with Gasteiger partial charge in [-0.2, -0.15) is 0 Å². The van der Waals surface area contributed by atoms with Crippen LogP contribution in [0.2, 0.25) is 0 Å². The Bertz CT molecular complexity index is 3970. The topological polar surface area (TPSA) is 21.3 Å². The molecule has 67 heavy (non-hydrogen) atoms. The van der Waals surface area contributed by atoms with E-state index in [2.05, 4.69) is 252 Å². The molecule has 0 bridgehead atoms. The van der Waals surface area contributed by atoms with Crippen molar-refractivity contribution in [2.24, 2.45) is 0 Å². The lowest BCUT2D eigenvalue weighted by Crippen LogP contribution is -2.12. The first kappa shape index (κ1) is 38.5. The van der Waals surface area contributed by atoms with E-state index in [4.69, 9.17) is 4.42 Å². The van der Waals surface area contributed by atoms with E-state index in [-0.39, 0.29) is 0 Å². The van der Waals surface area contributed by atoms with Crippen molar-refractivity contribution in [2.45, 2.75) is 0 Å². The van der Waals surface area contributed by atoms with E-state index in [0.717, 1.165) is 72.5 Å². The highest BCUT2D eigenvalue weighted by atomic mass is 16.3. The molecule has 3 nitrogen and oxygen atoms in total. The van der Waals surface area contributed by atoms with Gasteiger partial charge in [-0.1, -0.05) is 194 Å². The molecule has 0 fully saturated rings. The van der Waals surface area contributed by atoms with Crippen LogP contribution in [0, 0.1) is 0 Å². The van der Waals surface area contributed by atoms with E-state index >= 15 is 0 Å². The number of furan rings is 1. The maximum Gasteiger partial charge on any atom is 0.136 e. The Morgan fingerprint density at radius 3 is 1.64 bits per heavy atom. The second-order valence-corrected chi connectivity index (χ2v) is 17.2. The third-order valence-electron chi connectivity index (χ3n) is 13.4. The van der Waals surface area contributed by atoms with Crippen molar-refractivity contribution in [2.75, 3.05) is 4.90 Å². The lowest BCUT2D eigenvalue weighted by atomic mass is 9.90. The summed E-state index contributed by atoms with van der Waals surface area (Å²) in [5.41, 5.74) is 17.8. The van der Waals surface area contributed by atoms with E-state index in [0.29, 0.717) is 0 Å². The molecule has 0 aliphatic heterocycles. The Kier molecular flexibility index (Phi) is 9.17. The molecule has 0 spiro atoms.